The summed E-state index contributed by atoms with van der Waals surface area (Å²) < 4.78 is 29.1. The van der Waals surface area contributed by atoms with Crippen LogP contribution in [0.2, 0.25) is 0 Å². The summed E-state index contributed by atoms with van der Waals surface area (Å²) in [6, 6.07) is 0. The van der Waals surface area contributed by atoms with Crippen LogP contribution in [0.5, 0.6) is 5.88 Å². The van der Waals surface area contributed by atoms with E-state index in [9.17, 15) is 5.11 Å². The second kappa shape index (κ2) is 6.06. The molecule has 2 aromatic heterocycles. The number of rotatable bonds is 3. The topological polar surface area (TPSA) is 136 Å². The molecule has 2 aliphatic heterocycles. The number of fused-ring (bicyclic) bond motifs is 2. The number of ether oxygens (including phenoxy) is 2. The lowest BCUT2D eigenvalue weighted by atomic mass is 9.96. The van der Waals surface area contributed by atoms with Crippen molar-refractivity contribution in [2.24, 2.45) is 0 Å². The predicted octanol–water partition coefficient (Wildman–Crippen LogP) is 0.352. The predicted molar refractivity (Wildman–Crippen MR) is 92.9 cm³/mol. The van der Waals surface area contributed by atoms with Gasteiger partial charge in [0.1, 0.15) is 17.8 Å². The third kappa shape index (κ3) is 2.61. The van der Waals surface area contributed by atoms with E-state index < -0.39 is 30.8 Å². The van der Waals surface area contributed by atoms with E-state index in [1.54, 1.807) is 11.5 Å². The van der Waals surface area contributed by atoms with Crippen molar-refractivity contribution in [1.82, 2.24) is 19.5 Å². The van der Waals surface area contributed by atoms with Crippen molar-refractivity contribution in [3.05, 3.63) is 6.33 Å². The van der Waals surface area contributed by atoms with Crippen LogP contribution in [0.1, 0.15) is 13.2 Å². The van der Waals surface area contributed by atoms with Gasteiger partial charge in [-0.15, -0.1) is 0 Å². The Bertz CT molecular complexity index is 907. The van der Waals surface area contributed by atoms with E-state index in [-0.39, 0.29) is 18.4 Å². The first kappa shape index (κ1) is 18.0. The lowest BCUT2D eigenvalue weighted by Gasteiger charge is -2.36. The minimum absolute atomic E-state index is 0.0145. The first-order valence-electron chi connectivity index (χ1n) is 7.69. The van der Waals surface area contributed by atoms with Gasteiger partial charge < -0.3 is 29.4 Å². The molecule has 0 amide bonds. The quantitative estimate of drug-likeness (QED) is 0.687. The minimum Gasteiger partial charge on any atom is -0.479 e. The molecule has 5 atom stereocenters. The first-order chi connectivity index (χ1) is 12.3. The smallest absolute Gasteiger partial charge is 0.327 e. The largest absolute Gasteiger partial charge is 0.479 e. The fourth-order valence-electron chi connectivity index (χ4n) is 3.19. The summed E-state index contributed by atoms with van der Waals surface area (Å²) in [6.45, 7) is -1.17. The summed E-state index contributed by atoms with van der Waals surface area (Å²) in [5, 5.41) is 11.2. The Morgan fingerprint density at radius 1 is 1.46 bits per heavy atom. The number of aromatic nitrogens is 4. The lowest BCUT2D eigenvalue weighted by molar-refractivity contribution is -0.0890. The molecular weight excluding hydrogens is 385 g/mol. The van der Waals surface area contributed by atoms with Crippen LogP contribution in [0.3, 0.4) is 0 Å². The standard InChI is InChI=1S/C13H18N5O6PS/c1-13(19)8-6(4-22-25(26,21-3)24-8)23-11(13)18-5-15-7-9(18)16-12(14)17-10(7)20-2/h5-6,8,11,19H,4H2,1-3H3,(H2,14,16,17). The fraction of sp³-hybridized carbons (Fsp3) is 0.615. The Kier molecular flexibility index (Phi) is 4.19. The van der Waals surface area contributed by atoms with Crippen LogP contribution in [0.4, 0.5) is 5.95 Å². The van der Waals surface area contributed by atoms with Crippen LogP contribution in [0, 0.1) is 0 Å². The van der Waals surface area contributed by atoms with E-state index in [1.165, 1.54) is 20.5 Å². The number of anilines is 1. The molecule has 13 heteroatoms. The molecule has 2 aliphatic rings. The molecule has 0 radical (unpaired) electrons. The van der Waals surface area contributed by atoms with E-state index in [4.69, 9.17) is 40.6 Å². The van der Waals surface area contributed by atoms with Gasteiger partial charge >= 0.3 is 6.72 Å². The summed E-state index contributed by atoms with van der Waals surface area (Å²) >= 11 is 5.25. The summed E-state index contributed by atoms with van der Waals surface area (Å²) in [4.78, 5) is 12.5. The Morgan fingerprint density at radius 2 is 2.23 bits per heavy atom. The maximum absolute atomic E-state index is 11.2. The lowest BCUT2D eigenvalue weighted by Crippen LogP contribution is -2.47. The Labute approximate surface area is 153 Å². The van der Waals surface area contributed by atoms with Gasteiger partial charge in [0.2, 0.25) is 11.8 Å². The first-order valence-corrected chi connectivity index (χ1v) is 10.3. The highest BCUT2D eigenvalue weighted by atomic mass is 32.5. The van der Waals surface area contributed by atoms with Crippen LogP contribution in [0.25, 0.3) is 11.2 Å². The minimum atomic E-state index is -2.91. The second-order valence-corrected chi connectivity index (χ2v) is 9.19. The molecule has 0 saturated carbocycles. The van der Waals surface area contributed by atoms with Gasteiger partial charge in [-0.3, -0.25) is 9.09 Å². The highest BCUT2D eigenvalue weighted by Crippen LogP contribution is 2.58. The third-order valence-electron chi connectivity index (χ3n) is 4.43. The Morgan fingerprint density at radius 3 is 2.92 bits per heavy atom. The van der Waals surface area contributed by atoms with Gasteiger partial charge in [-0.25, -0.2) is 4.98 Å². The summed E-state index contributed by atoms with van der Waals surface area (Å²) in [5.74, 6) is 0.247. The summed E-state index contributed by atoms with van der Waals surface area (Å²) in [6.07, 6.45) is -0.640. The number of hydrogen-bond acceptors (Lipinski definition) is 11. The van der Waals surface area contributed by atoms with E-state index in [0.717, 1.165) is 0 Å². The number of hydrogen-bond donors (Lipinski definition) is 2. The SMILES string of the molecule is COc1nc(N)nc2c1ncn2C1OC2COP(=S)(OC)OC2C1(C)O. The van der Waals surface area contributed by atoms with E-state index in [2.05, 4.69) is 15.0 Å². The van der Waals surface area contributed by atoms with Gasteiger partial charge in [0.25, 0.3) is 0 Å². The van der Waals surface area contributed by atoms with Gasteiger partial charge in [0.15, 0.2) is 17.4 Å². The zero-order valence-corrected chi connectivity index (χ0v) is 15.9. The van der Waals surface area contributed by atoms with Crippen LogP contribution in [0.15, 0.2) is 6.33 Å². The number of nitrogen functional groups attached to an aromatic ring is 1. The van der Waals surface area contributed by atoms with Crippen molar-refractivity contribution in [3.63, 3.8) is 0 Å². The van der Waals surface area contributed by atoms with E-state index >= 15 is 0 Å². The molecule has 0 bridgehead atoms. The molecular formula is C13H18N5O6PS. The molecule has 142 valence electrons. The maximum Gasteiger partial charge on any atom is 0.327 e. The summed E-state index contributed by atoms with van der Waals surface area (Å²) in [5.41, 5.74) is 5.07. The van der Waals surface area contributed by atoms with Gasteiger partial charge in [-0.2, -0.15) is 9.97 Å². The fourth-order valence-corrected chi connectivity index (χ4v) is 4.86. The zero-order valence-electron chi connectivity index (χ0n) is 14.2. The van der Waals surface area contributed by atoms with Crippen molar-refractivity contribution >= 4 is 35.6 Å². The molecule has 3 N–H and O–H groups in total. The highest BCUT2D eigenvalue weighted by molar-refractivity contribution is 8.07. The number of nitrogens with zero attached hydrogens (tertiary/aromatic N) is 4. The number of imidazole rings is 1. The Balaban J connectivity index is 1.77. The Hall–Kier alpha value is -1.40. The molecule has 0 spiro atoms. The van der Waals surface area contributed by atoms with E-state index in [1.807, 2.05) is 0 Å². The molecule has 0 aromatic carbocycles. The molecule has 2 fully saturated rings. The molecule has 26 heavy (non-hydrogen) atoms. The van der Waals surface area contributed by atoms with Crippen LogP contribution in [-0.4, -0.2) is 63.3 Å². The average Bonchev–Trinajstić information content (AvgIpc) is 3.13. The average molecular weight is 403 g/mol. The van der Waals surface area contributed by atoms with Gasteiger partial charge in [0, 0.05) is 7.11 Å². The van der Waals surface area contributed by atoms with Gasteiger partial charge in [-0.1, -0.05) is 0 Å². The number of methoxy groups -OCH3 is 1. The molecule has 11 nitrogen and oxygen atoms in total. The normalized spacial score (nSPS) is 37.0. The van der Waals surface area contributed by atoms with Crippen LogP contribution >= 0.6 is 6.72 Å². The molecule has 4 heterocycles. The van der Waals surface area contributed by atoms with Crippen molar-refractivity contribution in [3.8, 4) is 5.88 Å². The van der Waals surface area contributed by atoms with Crippen molar-refractivity contribution < 1.29 is 28.2 Å². The molecule has 2 saturated heterocycles. The van der Waals surface area contributed by atoms with Crippen molar-refractivity contribution in [2.75, 3.05) is 26.6 Å². The van der Waals surface area contributed by atoms with Gasteiger partial charge in [-0.05, 0) is 18.7 Å². The third-order valence-corrected chi connectivity index (χ3v) is 6.85. The highest BCUT2D eigenvalue weighted by Gasteiger charge is 2.59. The molecule has 0 aliphatic carbocycles. The van der Waals surface area contributed by atoms with Crippen molar-refractivity contribution in [2.45, 2.75) is 31.0 Å². The number of aliphatic hydroxyl groups is 1. The van der Waals surface area contributed by atoms with Crippen molar-refractivity contribution in [1.29, 1.82) is 0 Å². The van der Waals surface area contributed by atoms with Gasteiger partial charge in [0.05, 0.1) is 20.0 Å². The zero-order chi connectivity index (χ0) is 18.7. The maximum atomic E-state index is 11.2. The van der Waals surface area contributed by atoms with E-state index in [0.29, 0.717) is 11.2 Å². The molecule has 4 rings (SSSR count). The summed E-state index contributed by atoms with van der Waals surface area (Å²) in [7, 11) is 2.87. The number of nitrogens with two attached hydrogens (primary N) is 1. The molecule has 5 unspecified atom stereocenters. The second-order valence-electron chi connectivity index (χ2n) is 6.12. The molecule has 2 aromatic rings. The van der Waals surface area contributed by atoms with Crippen LogP contribution in [-0.2, 0) is 30.1 Å². The monoisotopic (exact) mass is 403 g/mol. The van der Waals surface area contributed by atoms with Crippen LogP contribution < -0.4 is 10.5 Å².